The van der Waals surface area contributed by atoms with Crippen LogP contribution < -0.4 is 5.32 Å². The Hall–Kier alpha value is -3.47. The van der Waals surface area contributed by atoms with E-state index in [0.717, 1.165) is 109 Å². The number of amides is 1. The first kappa shape index (κ1) is 52.5. The number of rotatable bonds is 38. The molecule has 0 aromatic carbocycles. The standard InChI is InChI=1S/C52H83NO3/c1-3-5-7-9-11-13-15-16-17-18-19-20-21-22-23-24-25-26-27-28-29-30-31-32-33-34-35-36-38-40-42-44-46-48-52(56)53-50(49-54)51(55)47-45-43-41-39-37-14-12-10-8-6-4-2/h5,7-8,10-11,13,16-17,19-20,22-23,25-26,28-29,31-32,37,39,45,47,50-51,54-55H,3-4,6,9,12,14-15,18,21,24,27,30,33-36,38,40-44,46,48-49H2,1-2H3,(H,53,56)/b7-5-,10-8+,13-11-,17-16-,20-19-,23-22-,26-25-,29-28-,32-31-,39-37+,47-45+. The molecule has 0 aliphatic heterocycles. The van der Waals surface area contributed by atoms with Gasteiger partial charge in [0.05, 0.1) is 18.8 Å². The molecule has 0 saturated heterocycles. The van der Waals surface area contributed by atoms with Crippen LogP contribution in [0, 0.1) is 0 Å². The second-order valence-corrected chi connectivity index (χ2v) is 14.4. The van der Waals surface area contributed by atoms with Crippen molar-refractivity contribution in [3.63, 3.8) is 0 Å². The minimum Gasteiger partial charge on any atom is -0.394 e. The third-order valence-corrected chi connectivity index (χ3v) is 9.08. The molecule has 0 spiro atoms. The molecule has 0 fully saturated rings. The van der Waals surface area contributed by atoms with Gasteiger partial charge in [-0.15, -0.1) is 0 Å². The van der Waals surface area contributed by atoms with Gasteiger partial charge in [-0.05, 0) is 103 Å². The van der Waals surface area contributed by atoms with Gasteiger partial charge in [-0.1, -0.05) is 192 Å². The molecule has 0 bridgehead atoms. The Morgan fingerprint density at radius 2 is 0.804 bits per heavy atom. The van der Waals surface area contributed by atoms with Crippen LogP contribution in [0.1, 0.15) is 168 Å². The molecule has 0 saturated carbocycles. The van der Waals surface area contributed by atoms with E-state index < -0.39 is 12.1 Å². The zero-order chi connectivity index (χ0) is 40.7. The number of nitrogens with one attached hydrogen (secondary N) is 1. The highest BCUT2D eigenvalue weighted by Crippen LogP contribution is 2.11. The summed E-state index contributed by atoms with van der Waals surface area (Å²) in [5.74, 6) is -0.0964. The molecule has 3 N–H and O–H groups in total. The number of hydrogen-bond acceptors (Lipinski definition) is 3. The predicted molar refractivity (Wildman–Crippen MR) is 248 cm³/mol. The normalized spacial score (nSPS) is 14.3. The Morgan fingerprint density at radius 1 is 0.446 bits per heavy atom. The van der Waals surface area contributed by atoms with E-state index in [9.17, 15) is 15.0 Å². The number of hydrogen-bond donors (Lipinski definition) is 3. The minimum absolute atomic E-state index is 0.0964. The van der Waals surface area contributed by atoms with Gasteiger partial charge in [-0.2, -0.15) is 0 Å². The van der Waals surface area contributed by atoms with E-state index in [1.54, 1.807) is 6.08 Å². The third kappa shape index (κ3) is 41.7. The fourth-order valence-electron chi connectivity index (χ4n) is 5.70. The van der Waals surface area contributed by atoms with Crippen LogP contribution in [0.15, 0.2) is 134 Å². The summed E-state index contributed by atoms with van der Waals surface area (Å²) in [4.78, 5) is 12.4. The van der Waals surface area contributed by atoms with Gasteiger partial charge in [-0.3, -0.25) is 4.79 Å². The van der Waals surface area contributed by atoms with E-state index in [-0.39, 0.29) is 12.5 Å². The van der Waals surface area contributed by atoms with Gasteiger partial charge in [0.2, 0.25) is 5.91 Å². The molecule has 0 aromatic heterocycles. The van der Waals surface area contributed by atoms with Crippen molar-refractivity contribution in [2.45, 2.75) is 180 Å². The highest BCUT2D eigenvalue weighted by atomic mass is 16.3. The van der Waals surface area contributed by atoms with E-state index in [4.69, 9.17) is 0 Å². The average Bonchev–Trinajstić information content (AvgIpc) is 3.20. The molecular weight excluding hydrogens is 687 g/mol. The Bertz CT molecular complexity index is 1190. The molecular formula is C52H83NO3. The number of carbonyl (C=O) groups is 1. The van der Waals surface area contributed by atoms with Crippen molar-refractivity contribution in [3.05, 3.63) is 134 Å². The number of unbranched alkanes of at least 4 members (excludes halogenated alkanes) is 11. The lowest BCUT2D eigenvalue weighted by Crippen LogP contribution is -2.45. The SMILES string of the molecule is CC/C=C\C/C=C\C/C=C\C/C=C\C/C=C\C/C=C\C/C=C\C/C=C\CCCCCCCCCCC(=O)NC(CO)C(O)/C=C/CC/C=C/CC/C=C/CCC. The zero-order valence-corrected chi connectivity index (χ0v) is 35.8. The number of allylic oxidation sites excluding steroid dienone is 21. The first-order valence-electron chi connectivity index (χ1n) is 22.4. The summed E-state index contributed by atoms with van der Waals surface area (Å²) < 4.78 is 0. The van der Waals surface area contributed by atoms with Crippen molar-refractivity contribution in [2.24, 2.45) is 0 Å². The number of aliphatic hydroxyl groups is 2. The summed E-state index contributed by atoms with van der Waals surface area (Å²) in [7, 11) is 0. The van der Waals surface area contributed by atoms with Crippen LogP contribution in [0.25, 0.3) is 0 Å². The molecule has 4 nitrogen and oxygen atoms in total. The van der Waals surface area contributed by atoms with Crippen LogP contribution in [-0.4, -0.2) is 34.9 Å². The van der Waals surface area contributed by atoms with Crippen LogP contribution in [0.4, 0.5) is 0 Å². The number of carbonyl (C=O) groups excluding carboxylic acids is 1. The van der Waals surface area contributed by atoms with Crippen molar-refractivity contribution in [3.8, 4) is 0 Å². The molecule has 0 aromatic rings. The van der Waals surface area contributed by atoms with Gasteiger partial charge in [0.25, 0.3) is 0 Å². The summed E-state index contributed by atoms with van der Waals surface area (Å²) in [5.41, 5.74) is 0. The quantitative estimate of drug-likeness (QED) is 0.0433. The lowest BCUT2D eigenvalue weighted by atomic mass is 10.1. The van der Waals surface area contributed by atoms with Crippen molar-refractivity contribution in [1.82, 2.24) is 5.32 Å². The molecule has 1 amide bonds. The highest BCUT2D eigenvalue weighted by molar-refractivity contribution is 5.76. The Kier molecular flexibility index (Phi) is 43.1. The van der Waals surface area contributed by atoms with Crippen LogP contribution in [0.2, 0.25) is 0 Å². The molecule has 2 unspecified atom stereocenters. The largest absolute Gasteiger partial charge is 0.394 e. The average molecular weight is 770 g/mol. The van der Waals surface area contributed by atoms with Crippen LogP contribution in [-0.2, 0) is 4.79 Å². The van der Waals surface area contributed by atoms with Gasteiger partial charge in [0.15, 0.2) is 0 Å². The maximum absolute atomic E-state index is 12.4. The van der Waals surface area contributed by atoms with E-state index in [2.05, 4.69) is 141 Å². The molecule has 0 radical (unpaired) electrons. The fourth-order valence-corrected chi connectivity index (χ4v) is 5.70. The van der Waals surface area contributed by atoms with E-state index in [1.807, 2.05) is 6.08 Å². The maximum atomic E-state index is 12.4. The molecule has 4 heteroatoms. The minimum atomic E-state index is -0.881. The Labute approximate surface area is 345 Å². The smallest absolute Gasteiger partial charge is 0.220 e. The maximum Gasteiger partial charge on any atom is 0.220 e. The molecule has 0 heterocycles. The van der Waals surface area contributed by atoms with Crippen LogP contribution in [0.3, 0.4) is 0 Å². The van der Waals surface area contributed by atoms with E-state index in [0.29, 0.717) is 6.42 Å². The van der Waals surface area contributed by atoms with Crippen LogP contribution in [0.5, 0.6) is 0 Å². The summed E-state index contributed by atoms with van der Waals surface area (Å²) in [5, 5.41) is 22.9. The summed E-state index contributed by atoms with van der Waals surface area (Å²) >= 11 is 0. The lowest BCUT2D eigenvalue weighted by Gasteiger charge is -2.19. The highest BCUT2D eigenvalue weighted by Gasteiger charge is 2.17. The van der Waals surface area contributed by atoms with Gasteiger partial charge in [0.1, 0.15) is 0 Å². The van der Waals surface area contributed by atoms with E-state index >= 15 is 0 Å². The molecule has 2 atom stereocenters. The fraction of sp³-hybridized carbons (Fsp3) is 0.558. The second-order valence-electron chi connectivity index (χ2n) is 14.4. The Balaban J connectivity index is 3.68. The van der Waals surface area contributed by atoms with Crippen molar-refractivity contribution < 1.29 is 15.0 Å². The predicted octanol–water partition coefficient (Wildman–Crippen LogP) is 14.3. The van der Waals surface area contributed by atoms with Gasteiger partial charge in [-0.25, -0.2) is 0 Å². The zero-order valence-electron chi connectivity index (χ0n) is 35.8. The summed E-state index contributed by atoms with van der Waals surface area (Å²) in [6, 6.07) is -0.658. The van der Waals surface area contributed by atoms with Crippen molar-refractivity contribution in [2.75, 3.05) is 6.61 Å². The van der Waals surface area contributed by atoms with Gasteiger partial charge < -0.3 is 15.5 Å². The van der Waals surface area contributed by atoms with Crippen molar-refractivity contribution in [1.29, 1.82) is 0 Å². The molecule has 0 rings (SSSR count). The van der Waals surface area contributed by atoms with Crippen LogP contribution >= 0.6 is 0 Å². The molecule has 56 heavy (non-hydrogen) atoms. The Morgan fingerprint density at radius 3 is 1.23 bits per heavy atom. The third-order valence-electron chi connectivity index (χ3n) is 9.08. The summed E-state index contributed by atoms with van der Waals surface area (Å²) in [6.45, 7) is 4.07. The monoisotopic (exact) mass is 770 g/mol. The first-order valence-corrected chi connectivity index (χ1v) is 22.4. The molecule has 314 valence electrons. The molecule has 0 aliphatic carbocycles. The summed E-state index contributed by atoms with van der Waals surface area (Å²) in [6.07, 6.45) is 72.8. The first-order chi connectivity index (χ1) is 27.7. The topological polar surface area (TPSA) is 69.6 Å². The van der Waals surface area contributed by atoms with Crippen molar-refractivity contribution >= 4 is 5.91 Å². The van der Waals surface area contributed by atoms with Gasteiger partial charge >= 0.3 is 0 Å². The molecule has 0 aliphatic rings. The van der Waals surface area contributed by atoms with Gasteiger partial charge in [0, 0.05) is 6.42 Å². The lowest BCUT2D eigenvalue weighted by molar-refractivity contribution is -0.123. The second kappa shape index (κ2) is 45.9. The number of aliphatic hydroxyl groups excluding tert-OH is 2. The van der Waals surface area contributed by atoms with E-state index in [1.165, 1.54) is 38.5 Å².